The quantitative estimate of drug-likeness (QED) is 0.844. The van der Waals surface area contributed by atoms with E-state index in [0.29, 0.717) is 24.9 Å². The molecule has 0 bridgehead atoms. The molecule has 0 amide bonds. The molecule has 1 aromatic heterocycles. The van der Waals surface area contributed by atoms with Gasteiger partial charge >= 0.3 is 6.18 Å². The second-order valence-corrected chi connectivity index (χ2v) is 6.64. The molecule has 0 saturated carbocycles. The fourth-order valence-electron chi connectivity index (χ4n) is 3.32. The predicted octanol–water partition coefficient (Wildman–Crippen LogP) is 2.67. The highest BCUT2D eigenvalue weighted by molar-refractivity contribution is 7.09. The summed E-state index contributed by atoms with van der Waals surface area (Å²) in [5.41, 5.74) is 0. The van der Waals surface area contributed by atoms with Crippen LogP contribution in [0.15, 0.2) is 17.5 Å². The number of thiophene rings is 1. The molecule has 1 aromatic rings. The van der Waals surface area contributed by atoms with E-state index in [2.05, 4.69) is 16.3 Å². The largest absolute Gasteiger partial charge is 0.401 e. The highest BCUT2D eigenvalue weighted by Gasteiger charge is 2.43. The van der Waals surface area contributed by atoms with Crippen LogP contribution >= 0.6 is 11.3 Å². The van der Waals surface area contributed by atoms with Gasteiger partial charge < -0.3 is 0 Å². The van der Waals surface area contributed by atoms with Crippen molar-refractivity contribution in [2.45, 2.75) is 12.7 Å². The Morgan fingerprint density at radius 3 is 2.26 bits per heavy atom. The molecule has 6 heteroatoms. The van der Waals surface area contributed by atoms with E-state index in [4.69, 9.17) is 0 Å². The standard InChI is InChI=1S/C13H17F3N2S/c14-13(15,16)9-18-6-10-4-17(5-11(10)7-18)8-12-2-1-3-19-12/h1-3,10-11H,4-9H2. The number of alkyl halides is 3. The maximum Gasteiger partial charge on any atom is 0.401 e. The Kier molecular flexibility index (Phi) is 3.57. The first-order chi connectivity index (χ1) is 8.99. The van der Waals surface area contributed by atoms with Crippen LogP contribution < -0.4 is 0 Å². The molecule has 2 nitrogen and oxygen atoms in total. The van der Waals surface area contributed by atoms with E-state index >= 15 is 0 Å². The molecular weight excluding hydrogens is 273 g/mol. The lowest BCUT2D eigenvalue weighted by Gasteiger charge is -2.21. The molecule has 2 saturated heterocycles. The van der Waals surface area contributed by atoms with Crippen molar-refractivity contribution in [1.82, 2.24) is 9.80 Å². The van der Waals surface area contributed by atoms with E-state index in [1.54, 1.807) is 16.2 Å². The van der Waals surface area contributed by atoms with Crippen LogP contribution in [0.4, 0.5) is 13.2 Å². The van der Waals surface area contributed by atoms with Gasteiger partial charge in [0, 0.05) is 37.6 Å². The summed E-state index contributed by atoms with van der Waals surface area (Å²) in [6, 6.07) is 4.16. The molecule has 2 aliphatic rings. The minimum absolute atomic E-state index is 0.419. The summed E-state index contributed by atoms with van der Waals surface area (Å²) in [6.07, 6.45) is -4.06. The molecule has 2 unspecified atom stereocenters. The molecule has 0 N–H and O–H groups in total. The number of halogens is 3. The lowest BCUT2D eigenvalue weighted by Crippen LogP contribution is -2.35. The zero-order chi connectivity index (χ0) is 13.5. The summed E-state index contributed by atoms with van der Waals surface area (Å²) < 4.78 is 37.1. The lowest BCUT2D eigenvalue weighted by atomic mass is 10.0. The molecule has 0 radical (unpaired) electrons. The fraction of sp³-hybridized carbons (Fsp3) is 0.692. The molecule has 2 atom stereocenters. The van der Waals surface area contributed by atoms with E-state index in [0.717, 1.165) is 19.6 Å². The summed E-state index contributed by atoms with van der Waals surface area (Å²) in [7, 11) is 0. The Balaban J connectivity index is 1.50. The van der Waals surface area contributed by atoms with Crippen molar-refractivity contribution in [2.24, 2.45) is 11.8 Å². The van der Waals surface area contributed by atoms with Gasteiger partial charge in [0.1, 0.15) is 0 Å². The van der Waals surface area contributed by atoms with Crippen LogP contribution in [0.2, 0.25) is 0 Å². The molecule has 3 heterocycles. The fourth-order valence-corrected chi connectivity index (χ4v) is 4.07. The minimum atomic E-state index is -4.06. The van der Waals surface area contributed by atoms with Gasteiger partial charge in [0.25, 0.3) is 0 Å². The van der Waals surface area contributed by atoms with Crippen molar-refractivity contribution < 1.29 is 13.2 Å². The van der Waals surface area contributed by atoms with E-state index in [9.17, 15) is 13.2 Å². The third kappa shape index (κ3) is 3.30. The van der Waals surface area contributed by atoms with Crippen molar-refractivity contribution in [1.29, 1.82) is 0 Å². The Morgan fingerprint density at radius 2 is 1.74 bits per heavy atom. The third-order valence-electron chi connectivity index (χ3n) is 4.00. The Labute approximate surface area is 114 Å². The zero-order valence-electron chi connectivity index (χ0n) is 10.6. The molecule has 19 heavy (non-hydrogen) atoms. The average molecular weight is 290 g/mol. The van der Waals surface area contributed by atoms with Gasteiger partial charge in [-0.3, -0.25) is 9.80 Å². The number of fused-ring (bicyclic) bond motifs is 1. The third-order valence-corrected chi connectivity index (χ3v) is 4.86. The first-order valence-corrected chi connectivity index (χ1v) is 7.41. The van der Waals surface area contributed by atoms with Crippen LogP contribution in [0.25, 0.3) is 0 Å². The molecule has 0 aromatic carbocycles. The number of rotatable bonds is 3. The molecule has 3 rings (SSSR count). The second kappa shape index (κ2) is 5.07. The van der Waals surface area contributed by atoms with E-state index < -0.39 is 12.7 Å². The minimum Gasteiger partial charge on any atom is -0.298 e. The van der Waals surface area contributed by atoms with Gasteiger partial charge in [-0.1, -0.05) is 6.07 Å². The highest BCUT2D eigenvalue weighted by Crippen LogP contribution is 2.33. The van der Waals surface area contributed by atoms with Crippen LogP contribution in [-0.4, -0.2) is 48.7 Å². The van der Waals surface area contributed by atoms with Gasteiger partial charge in [0.2, 0.25) is 0 Å². The number of nitrogens with zero attached hydrogens (tertiary/aromatic N) is 2. The van der Waals surface area contributed by atoms with Crippen LogP contribution in [0, 0.1) is 11.8 Å². The number of hydrogen-bond acceptors (Lipinski definition) is 3. The number of hydrogen-bond donors (Lipinski definition) is 0. The smallest absolute Gasteiger partial charge is 0.298 e. The summed E-state index contributed by atoms with van der Waals surface area (Å²) in [6.45, 7) is 3.29. The molecule has 0 spiro atoms. The van der Waals surface area contributed by atoms with Crippen LogP contribution in [0.5, 0.6) is 0 Å². The highest BCUT2D eigenvalue weighted by atomic mass is 32.1. The molecule has 2 fully saturated rings. The monoisotopic (exact) mass is 290 g/mol. The summed E-state index contributed by atoms with van der Waals surface area (Å²) in [4.78, 5) is 5.29. The Hall–Kier alpha value is -0.590. The average Bonchev–Trinajstić information content (AvgIpc) is 2.92. The van der Waals surface area contributed by atoms with Crippen LogP contribution in [0.1, 0.15) is 4.88 Å². The topological polar surface area (TPSA) is 6.48 Å². The Morgan fingerprint density at radius 1 is 1.11 bits per heavy atom. The lowest BCUT2D eigenvalue weighted by molar-refractivity contribution is -0.144. The normalized spacial score (nSPS) is 29.0. The predicted molar refractivity (Wildman–Crippen MR) is 69.1 cm³/mol. The van der Waals surface area contributed by atoms with Crippen molar-refractivity contribution in [2.75, 3.05) is 32.7 Å². The molecule has 2 aliphatic heterocycles. The van der Waals surface area contributed by atoms with Crippen molar-refractivity contribution in [3.05, 3.63) is 22.4 Å². The van der Waals surface area contributed by atoms with Crippen LogP contribution in [0.3, 0.4) is 0 Å². The SMILES string of the molecule is FC(F)(F)CN1CC2CN(Cc3cccs3)CC2C1. The van der Waals surface area contributed by atoms with E-state index in [1.807, 2.05) is 6.07 Å². The maximum atomic E-state index is 12.4. The summed E-state index contributed by atoms with van der Waals surface area (Å²) >= 11 is 1.75. The van der Waals surface area contributed by atoms with Gasteiger partial charge in [0.05, 0.1) is 6.54 Å². The molecule has 106 valence electrons. The van der Waals surface area contributed by atoms with Gasteiger partial charge in [-0.25, -0.2) is 0 Å². The first kappa shape index (κ1) is 13.4. The molecule has 0 aliphatic carbocycles. The summed E-state index contributed by atoms with van der Waals surface area (Å²) in [5, 5.41) is 2.07. The van der Waals surface area contributed by atoms with Gasteiger partial charge in [0.15, 0.2) is 0 Å². The summed E-state index contributed by atoms with van der Waals surface area (Å²) in [5.74, 6) is 0.838. The van der Waals surface area contributed by atoms with E-state index in [-0.39, 0.29) is 0 Å². The maximum absolute atomic E-state index is 12.4. The van der Waals surface area contributed by atoms with Crippen molar-refractivity contribution >= 4 is 11.3 Å². The van der Waals surface area contributed by atoms with Gasteiger partial charge in [-0.2, -0.15) is 13.2 Å². The van der Waals surface area contributed by atoms with Gasteiger partial charge in [-0.05, 0) is 23.3 Å². The van der Waals surface area contributed by atoms with Crippen molar-refractivity contribution in [3.8, 4) is 0 Å². The number of likely N-dealkylation sites (tertiary alicyclic amines) is 2. The Bertz CT molecular complexity index is 404. The first-order valence-electron chi connectivity index (χ1n) is 6.53. The van der Waals surface area contributed by atoms with Crippen molar-refractivity contribution in [3.63, 3.8) is 0 Å². The van der Waals surface area contributed by atoms with Crippen LogP contribution in [-0.2, 0) is 6.54 Å². The zero-order valence-corrected chi connectivity index (χ0v) is 11.4. The molecular formula is C13H17F3N2S. The van der Waals surface area contributed by atoms with E-state index in [1.165, 1.54) is 4.88 Å². The van der Waals surface area contributed by atoms with Gasteiger partial charge in [-0.15, -0.1) is 11.3 Å². The second-order valence-electron chi connectivity index (χ2n) is 5.60.